The van der Waals surface area contributed by atoms with Gasteiger partial charge in [-0.1, -0.05) is 42.2 Å². The highest BCUT2D eigenvalue weighted by Gasteiger charge is 2.08. The van der Waals surface area contributed by atoms with Crippen LogP contribution in [0.5, 0.6) is 0 Å². The van der Waals surface area contributed by atoms with Gasteiger partial charge in [0, 0.05) is 18.2 Å². The van der Waals surface area contributed by atoms with Gasteiger partial charge in [-0.2, -0.15) is 0 Å². The van der Waals surface area contributed by atoms with Crippen molar-refractivity contribution in [2.45, 2.75) is 26.4 Å². The Morgan fingerprint density at radius 2 is 1.88 bits per heavy atom. The number of rotatable bonds is 6. The van der Waals surface area contributed by atoms with E-state index >= 15 is 0 Å². The monoisotopic (exact) mass is 337 g/mol. The molecule has 5 nitrogen and oxygen atoms in total. The van der Waals surface area contributed by atoms with Gasteiger partial charge in [0.2, 0.25) is 0 Å². The van der Waals surface area contributed by atoms with Crippen molar-refractivity contribution in [1.82, 2.24) is 4.98 Å². The predicted molar refractivity (Wildman–Crippen MR) is 92.5 cm³/mol. The molecule has 0 radical (unpaired) electrons. The Morgan fingerprint density at radius 3 is 2.56 bits per heavy atom. The van der Waals surface area contributed by atoms with Crippen molar-refractivity contribution < 1.29 is 19.1 Å². The zero-order valence-electron chi connectivity index (χ0n) is 14.0. The summed E-state index contributed by atoms with van der Waals surface area (Å²) in [5.41, 5.74) is 1.82. The van der Waals surface area contributed by atoms with Gasteiger partial charge in [0.25, 0.3) is 0 Å². The highest BCUT2D eigenvalue weighted by atomic mass is 16.5. The molecule has 2 rings (SSSR count). The molecule has 2 aromatic rings. The van der Waals surface area contributed by atoms with Gasteiger partial charge in [0.05, 0.1) is 13.0 Å². The van der Waals surface area contributed by atoms with E-state index in [9.17, 15) is 9.59 Å². The standard InChI is InChI=1S/C20H19NO4/c1-2-24-19(22)11-7-6-8-16-12-13-18(21-14-16)20(23)25-15-17-9-4-3-5-10-17/h3-5,9-10,12-14H,2,7,11,15H2,1H3. The second kappa shape index (κ2) is 9.89. The lowest BCUT2D eigenvalue weighted by atomic mass is 10.2. The zero-order chi connectivity index (χ0) is 17.9. The van der Waals surface area contributed by atoms with E-state index in [0.717, 1.165) is 5.56 Å². The lowest BCUT2D eigenvalue weighted by Gasteiger charge is -2.04. The van der Waals surface area contributed by atoms with Crippen molar-refractivity contribution in [2.24, 2.45) is 0 Å². The highest BCUT2D eigenvalue weighted by Crippen LogP contribution is 2.05. The van der Waals surface area contributed by atoms with Gasteiger partial charge in [-0.25, -0.2) is 9.78 Å². The molecule has 0 unspecified atom stereocenters. The van der Waals surface area contributed by atoms with Crippen LogP contribution in [-0.2, 0) is 20.9 Å². The number of hydrogen-bond acceptors (Lipinski definition) is 5. The average molecular weight is 337 g/mol. The van der Waals surface area contributed by atoms with E-state index < -0.39 is 5.97 Å². The van der Waals surface area contributed by atoms with E-state index in [2.05, 4.69) is 16.8 Å². The van der Waals surface area contributed by atoms with Gasteiger partial charge >= 0.3 is 11.9 Å². The Bertz CT molecular complexity index is 758. The maximum atomic E-state index is 12.0. The smallest absolute Gasteiger partial charge is 0.357 e. The van der Waals surface area contributed by atoms with Crippen LogP contribution in [0.1, 0.15) is 41.4 Å². The predicted octanol–water partition coefficient (Wildman–Crippen LogP) is 3.13. The van der Waals surface area contributed by atoms with Crippen LogP contribution in [0.4, 0.5) is 0 Å². The molecule has 0 aliphatic heterocycles. The fourth-order valence-electron chi connectivity index (χ4n) is 1.95. The first-order valence-electron chi connectivity index (χ1n) is 8.00. The Balaban J connectivity index is 1.83. The summed E-state index contributed by atoms with van der Waals surface area (Å²) in [6.45, 7) is 2.34. The molecule has 0 fully saturated rings. The number of ether oxygens (including phenoxy) is 2. The van der Waals surface area contributed by atoms with Crippen LogP contribution < -0.4 is 0 Å². The second-order valence-corrected chi connectivity index (χ2v) is 5.10. The second-order valence-electron chi connectivity index (χ2n) is 5.10. The minimum atomic E-state index is -0.481. The van der Waals surface area contributed by atoms with Gasteiger partial charge in [0.1, 0.15) is 12.3 Å². The molecular formula is C20H19NO4. The molecule has 0 atom stereocenters. The summed E-state index contributed by atoms with van der Waals surface area (Å²) >= 11 is 0. The third kappa shape index (κ3) is 6.48. The molecule has 0 saturated heterocycles. The molecule has 1 aromatic heterocycles. The zero-order valence-corrected chi connectivity index (χ0v) is 14.0. The topological polar surface area (TPSA) is 65.5 Å². The fraction of sp³-hybridized carbons (Fsp3) is 0.250. The van der Waals surface area contributed by atoms with Gasteiger partial charge < -0.3 is 9.47 Å². The third-order valence-electron chi connectivity index (χ3n) is 3.18. The Labute approximate surface area is 147 Å². The molecule has 0 amide bonds. The Kier molecular flexibility index (Phi) is 7.20. The number of hydrogen-bond donors (Lipinski definition) is 0. The van der Waals surface area contributed by atoms with Crippen molar-refractivity contribution in [3.63, 3.8) is 0 Å². The molecule has 0 aliphatic rings. The number of aromatic nitrogens is 1. The van der Waals surface area contributed by atoms with E-state index in [0.29, 0.717) is 18.6 Å². The molecule has 0 aliphatic carbocycles. The summed E-state index contributed by atoms with van der Waals surface area (Å²) in [6, 6.07) is 12.7. The molecule has 25 heavy (non-hydrogen) atoms. The molecule has 0 N–H and O–H groups in total. The molecular weight excluding hydrogens is 318 g/mol. The summed E-state index contributed by atoms with van der Waals surface area (Å²) < 4.78 is 10.0. The van der Waals surface area contributed by atoms with Crippen molar-refractivity contribution in [3.05, 3.63) is 65.5 Å². The van der Waals surface area contributed by atoms with Crippen LogP contribution in [0.25, 0.3) is 0 Å². The molecule has 1 aromatic carbocycles. The largest absolute Gasteiger partial charge is 0.466 e. The lowest BCUT2D eigenvalue weighted by Crippen LogP contribution is -2.07. The summed E-state index contributed by atoms with van der Waals surface area (Å²) in [5.74, 6) is 5.03. The van der Waals surface area contributed by atoms with Crippen LogP contribution in [-0.4, -0.2) is 23.5 Å². The molecule has 0 spiro atoms. The van der Waals surface area contributed by atoms with Gasteiger partial charge in [-0.3, -0.25) is 4.79 Å². The van der Waals surface area contributed by atoms with Crippen LogP contribution >= 0.6 is 0 Å². The molecule has 0 bridgehead atoms. The minimum absolute atomic E-state index is 0.205. The SMILES string of the molecule is CCOC(=O)CCC#Cc1ccc(C(=O)OCc2ccccc2)nc1. The summed E-state index contributed by atoms with van der Waals surface area (Å²) in [6.07, 6.45) is 2.19. The maximum Gasteiger partial charge on any atom is 0.357 e. The van der Waals surface area contributed by atoms with E-state index in [-0.39, 0.29) is 24.7 Å². The first-order valence-corrected chi connectivity index (χ1v) is 8.00. The Morgan fingerprint density at radius 1 is 1.08 bits per heavy atom. The number of pyridine rings is 1. The lowest BCUT2D eigenvalue weighted by molar-refractivity contribution is -0.142. The average Bonchev–Trinajstić information content (AvgIpc) is 2.65. The van der Waals surface area contributed by atoms with Gasteiger partial charge in [-0.15, -0.1) is 0 Å². The Hall–Kier alpha value is -3.13. The van der Waals surface area contributed by atoms with Crippen molar-refractivity contribution in [3.8, 4) is 11.8 Å². The fourth-order valence-corrected chi connectivity index (χ4v) is 1.95. The van der Waals surface area contributed by atoms with E-state index in [4.69, 9.17) is 9.47 Å². The number of carbonyl (C=O) groups excluding carboxylic acids is 2. The van der Waals surface area contributed by atoms with Crippen LogP contribution in [0.3, 0.4) is 0 Å². The molecule has 128 valence electrons. The highest BCUT2D eigenvalue weighted by molar-refractivity contribution is 5.87. The first kappa shape index (κ1) is 18.2. The quantitative estimate of drug-likeness (QED) is 0.598. The van der Waals surface area contributed by atoms with E-state index in [1.165, 1.54) is 6.20 Å². The number of nitrogens with zero attached hydrogens (tertiary/aromatic N) is 1. The number of benzene rings is 1. The van der Waals surface area contributed by atoms with Crippen LogP contribution in [0.15, 0.2) is 48.7 Å². The summed E-state index contributed by atoms with van der Waals surface area (Å²) in [7, 11) is 0. The van der Waals surface area contributed by atoms with Gasteiger partial charge in [0.15, 0.2) is 0 Å². The summed E-state index contributed by atoms with van der Waals surface area (Å²) in [5, 5.41) is 0. The van der Waals surface area contributed by atoms with E-state index in [1.807, 2.05) is 30.3 Å². The van der Waals surface area contributed by atoms with Crippen molar-refractivity contribution >= 4 is 11.9 Å². The molecule has 1 heterocycles. The number of esters is 2. The molecule has 0 saturated carbocycles. The first-order chi connectivity index (χ1) is 12.2. The molecule has 5 heteroatoms. The van der Waals surface area contributed by atoms with Crippen LogP contribution in [0.2, 0.25) is 0 Å². The number of carbonyl (C=O) groups is 2. The van der Waals surface area contributed by atoms with E-state index in [1.54, 1.807) is 19.1 Å². The third-order valence-corrected chi connectivity index (χ3v) is 3.18. The van der Waals surface area contributed by atoms with Crippen molar-refractivity contribution in [1.29, 1.82) is 0 Å². The van der Waals surface area contributed by atoms with Gasteiger partial charge in [-0.05, 0) is 24.6 Å². The normalized spacial score (nSPS) is 9.64. The summed E-state index contributed by atoms with van der Waals surface area (Å²) in [4.78, 5) is 27.2. The van der Waals surface area contributed by atoms with Crippen LogP contribution in [0, 0.1) is 11.8 Å². The van der Waals surface area contributed by atoms with Crippen molar-refractivity contribution in [2.75, 3.05) is 6.61 Å². The minimum Gasteiger partial charge on any atom is -0.466 e. The maximum absolute atomic E-state index is 12.0.